The second-order valence-corrected chi connectivity index (χ2v) is 8.10. The Morgan fingerprint density at radius 1 is 1.27 bits per heavy atom. The van der Waals surface area contributed by atoms with Gasteiger partial charge in [-0.2, -0.15) is 13.2 Å². The number of rotatable bonds is 5. The van der Waals surface area contributed by atoms with Gasteiger partial charge in [0.2, 0.25) is 0 Å². The van der Waals surface area contributed by atoms with Gasteiger partial charge >= 0.3 is 6.18 Å². The number of benzene rings is 1. The molecule has 0 saturated heterocycles. The molecule has 0 aliphatic rings. The number of imidazole rings is 1. The molecule has 2 aromatic heterocycles. The number of alkyl halides is 3. The van der Waals surface area contributed by atoms with Crippen molar-refractivity contribution in [2.45, 2.75) is 24.0 Å². The van der Waals surface area contributed by atoms with Gasteiger partial charge < -0.3 is 9.72 Å². The Labute approximate surface area is 148 Å². The zero-order valence-electron chi connectivity index (χ0n) is 13.8. The molecule has 0 bridgehead atoms. The van der Waals surface area contributed by atoms with Gasteiger partial charge in [0.25, 0.3) is 0 Å². The van der Waals surface area contributed by atoms with E-state index in [0.717, 1.165) is 5.52 Å². The summed E-state index contributed by atoms with van der Waals surface area (Å²) in [6.07, 6.45) is -3.12. The Bertz CT molecular complexity index is 1010. The number of H-pyrrole nitrogens is 1. The van der Waals surface area contributed by atoms with Crippen LogP contribution in [0.5, 0.6) is 5.75 Å². The molecule has 0 saturated carbocycles. The zero-order valence-corrected chi connectivity index (χ0v) is 14.7. The van der Waals surface area contributed by atoms with E-state index in [9.17, 15) is 17.4 Å². The number of para-hydroxylation sites is 2. The normalized spacial score (nSPS) is 14.3. The van der Waals surface area contributed by atoms with Crippen molar-refractivity contribution < 1.29 is 22.1 Å². The topological polar surface area (TPSA) is 67.9 Å². The second kappa shape index (κ2) is 6.64. The Kier molecular flexibility index (Phi) is 4.66. The Balaban J connectivity index is 1.87. The molecule has 1 N–H and O–H groups in total. The van der Waals surface area contributed by atoms with Crippen molar-refractivity contribution >= 4 is 26.4 Å². The van der Waals surface area contributed by atoms with Gasteiger partial charge in [0.15, 0.2) is 11.8 Å². The highest BCUT2D eigenvalue weighted by molar-refractivity contribution is 7.99. The van der Waals surface area contributed by atoms with Crippen LogP contribution in [0.25, 0.3) is 11.0 Å². The standard InChI is InChI=1S/C17H16F3N3O2S/c1-11-14(21-8-7-15(11)25-10-17(18,19)20)9-26(2,24)16-22-12-5-3-4-6-13(12)23-16/h3-8H,2,9-10H2,1H3,(H,22,23). The van der Waals surface area contributed by atoms with Crippen LogP contribution in [0.15, 0.2) is 41.7 Å². The van der Waals surface area contributed by atoms with Crippen molar-refractivity contribution in [3.63, 3.8) is 0 Å². The highest BCUT2D eigenvalue weighted by Crippen LogP contribution is 2.25. The number of aromatic amines is 1. The molecule has 1 unspecified atom stereocenters. The van der Waals surface area contributed by atoms with Crippen LogP contribution in [0.4, 0.5) is 13.2 Å². The lowest BCUT2D eigenvalue weighted by Gasteiger charge is -2.14. The number of nitrogens with zero attached hydrogens (tertiary/aromatic N) is 2. The number of fused-ring (bicyclic) bond motifs is 1. The third-order valence-corrected chi connectivity index (χ3v) is 5.38. The highest BCUT2D eigenvalue weighted by atomic mass is 32.2. The molecule has 1 aromatic carbocycles. The van der Waals surface area contributed by atoms with E-state index >= 15 is 0 Å². The van der Waals surface area contributed by atoms with Crippen LogP contribution >= 0.6 is 0 Å². The van der Waals surface area contributed by atoms with Gasteiger partial charge in [-0.15, -0.1) is 0 Å². The van der Waals surface area contributed by atoms with Gasteiger partial charge in [0.05, 0.1) is 22.5 Å². The predicted molar refractivity (Wildman–Crippen MR) is 93.9 cm³/mol. The van der Waals surface area contributed by atoms with Gasteiger partial charge in [0, 0.05) is 21.3 Å². The molecule has 0 spiro atoms. The first kappa shape index (κ1) is 18.2. The van der Waals surface area contributed by atoms with Crippen molar-refractivity contribution in [1.29, 1.82) is 0 Å². The average Bonchev–Trinajstić information content (AvgIpc) is 3.00. The van der Waals surface area contributed by atoms with Crippen molar-refractivity contribution in [3.8, 4) is 5.75 Å². The van der Waals surface area contributed by atoms with Gasteiger partial charge in [-0.3, -0.25) is 9.19 Å². The molecule has 138 valence electrons. The van der Waals surface area contributed by atoms with Gasteiger partial charge in [-0.25, -0.2) is 4.98 Å². The fourth-order valence-corrected chi connectivity index (χ4v) is 3.85. The summed E-state index contributed by atoms with van der Waals surface area (Å²) in [6.45, 7) is 0.169. The summed E-state index contributed by atoms with van der Waals surface area (Å²) in [6, 6.07) is 8.56. The van der Waals surface area contributed by atoms with Crippen molar-refractivity contribution in [2.24, 2.45) is 0 Å². The summed E-state index contributed by atoms with van der Waals surface area (Å²) in [4.78, 5) is 11.4. The number of hydrogen-bond donors (Lipinski definition) is 1. The van der Waals surface area contributed by atoms with Gasteiger partial charge in [-0.1, -0.05) is 12.1 Å². The molecule has 1 atom stereocenters. The number of pyridine rings is 1. The number of halogens is 3. The van der Waals surface area contributed by atoms with E-state index in [1.807, 2.05) is 12.1 Å². The lowest BCUT2D eigenvalue weighted by atomic mass is 10.2. The summed E-state index contributed by atoms with van der Waals surface area (Å²) in [7, 11) is -2.86. The van der Waals surface area contributed by atoms with Gasteiger partial charge in [0.1, 0.15) is 5.75 Å². The third-order valence-electron chi connectivity index (χ3n) is 3.74. The largest absolute Gasteiger partial charge is 0.484 e. The van der Waals surface area contributed by atoms with Crippen LogP contribution in [0.2, 0.25) is 0 Å². The van der Waals surface area contributed by atoms with Crippen LogP contribution in [-0.2, 0) is 15.3 Å². The highest BCUT2D eigenvalue weighted by Gasteiger charge is 2.29. The average molecular weight is 383 g/mol. The molecule has 26 heavy (non-hydrogen) atoms. The smallest absolute Gasteiger partial charge is 0.422 e. The maximum Gasteiger partial charge on any atom is 0.422 e. The summed E-state index contributed by atoms with van der Waals surface area (Å²) >= 11 is 0. The van der Waals surface area contributed by atoms with Crippen molar-refractivity contribution in [3.05, 3.63) is 47.8 Å². The molecule has 5 nitrogen and oxygen atoms in total. The molecular formula is C17H16F3N3O2S. The van der Waals surface area contributed by atoms with E-state index < -0.39 is 22.3 Å². The number of hydrogen-bond acceptors (Lipinski definition) is 4. The Morgan fingerprint density at radius 2 is 2.00 bits per heavy atom. The van der Waals surface area contributed by atoms with Gasteiger partial charge in [-0.05, 0) is 31.0 Å². The van der Waals surface area contributed by atoms with Crippen LogP contribution in [0.3, 0.4) is 0 Å². The van der Waals surface area contributed by atoms with E-state index in [0.29, 0.717) is 16.8 Å². The van der Waals surface area contributed by atoms with Crippen molar-refractivity contribution in [2.75, 3.05) is 6.61 Å². The summed E-state index contributed by atoms with van der Waals surface area (Å²) in [5.74, 6) is 3.74. The first-order valence-electron chi connectivity index (χ1n) is 7.59. The minimum atomic E-state index is -4.44. The first-order chi connectivity index (χ1) is 12.2. The fraction of sp³-hybridized carbons (Fsp3) is 0.235. The lowest BCUT2D eigenvalue weighted by molar-refractivity contribution is -0.153. The Hall–Kier alpha value is -2.55. The van der Waals surface area contributed by atoms with E-state index in [1.54, 1.807) is 19.1 Å². The zero-order chi connectivity index (χ0) is 18.9. The number of aromatic nitrogens is 3. The number of ether oxygens (including phenoxy) is 1. The molecule has 0 fully saturated rings. The molecule has 3 rings (SSSR count). The van der Waals surface area contributed by atoms with Crippen molar-refractivity contribution in [1.82, 2.24) is 15.0 Å². The second-order valence-electron chi connectivity index (χ2n) is 5.80. The van der Waals surface area contributed by atoms with Crippen LogP contribution in [0, 0.1) is 6.92 Å². The lowest BCUT2D eigenvalue weighted by Crippen LogP contribution is -2.20. The molecule has 9 heteroatoms. The number of nitrogens with one attached hydrogen (secondary N) is 1. The minimum Gasteiger partial charge on any atom is -0.484 e. The summed E-state index contributed by atoms with van der Waals surface area (Å²) in [5, 5.41) is 0.224. The van der Waals surface area contributed by atoms with E-state index in [4.69, 9.17) is 4.74 Å². The maximum absolute atomic E-state index is 13.0. The molecule has 2 heterocycles. The monoisotopic (exact) mass is 383 g/mol. The van der Waals surface area contributed by atoms with E-state index in [1.165, 1.54) is 12.3 Å². The van der Waals surface area contributed by atoms with Crippen LogP contribution < -0.4 is 4.74 Å². The molecule has 3 aromatic rings. The van der Waals surface area contributed by atoms with Crippen LogP contribution in [-0.4, -0.2) is 37.8 Å². The van der Waals surface area contributed by atoms with E-state index in [-0.39, 0.29) is 16.7 Å². The molecule has 0 radical (unpaired) electrons. The first-order valence-corrected chi connectivity index (χ1v) is 9.49. The quantitative estimate of drug-likeness (QED) is 0.685. The predicted octanol–water partition coefficient (Wildman–Crippen LogP) is 3.48. The maximum atomic E-state index is 13.0. The molecule has 0 aliphatic carbocycles. The SMILES string of the molecule is C=S(=O)(Cc1nccc(OCC(F)(F)F)c1C)c1nc2ccccc2[nH]1. The fourth-order valence-electron chi connectivity index (χ4n) is 2.42. The summed E-state index contributed by atoms with van der Waals surface area (Å²) < 4.78 is 54.9. The summed E-state index contributed by atoms with van der Waals surface area (Å²) in [5.41, 5.74) is 2.13. The van der Waals surface area contributed by atoms with Crippen LogP contribution in [0.1, 0.15) is 11.3 Å². The van der Waals surface area contributed by atoms with E-state index in [2.05, 4.69) is 20.8 Å². The minimum absolute atomic E-state index is 0.0483. The third kappa shape index (κ3) is 3.98. The molecule has 0 aliphatic heterocycles. The molecular weight excluding hydrogens is 367 g/mol. The molecule has 0 amide bonds. The Morgan fingerprint density at radius 3 is 2.69 bits per heavy atom.